The zero-order valence-corrected chi connectivity index (χ0v) is 19.3. The van der Waals surface area contributed by atoms with Gasteiger partial charge in [0.1, 0.15) is 5.58 Å². The molecule has 164 valence electrons. The van der Waals surface area contributed by atoms with E-state index in [-0.39, 0.29) is 23.5 Å². The Morgan fingerprint density at radius 2 is 1.84 bits per heavy atom. The van der Waals surface area contributed by atoms with E-state index in [2.05, 4.69) is 26.0 Å². The van der Waals surface area contributed by atoms with E-state index in [1.807, 2.05) is 44.2 Å². The van der Waals surface area contributed by atoms with Gasteiger partial charge in [-0.05, 0) is 48.9 Å². The zero-order valence-electron chi connectivity index (χ0n) is 18.5. The number of rotatable bonds is 5. The van der Waals surface area contributed by atoms with Crippen LogP contribution in [-0.2, 0) is 16.4 Å². The topological polar surface area (TPSA) is 67.6 Å². The molecule has 1 aliphatic heterocycles. The number of hydrogen-bond acceptors (Lipinski definition) is 4. The molecule has 0 aliphatic carbocycles. The highest BCUT2D eigenvalue weighted by Crippen LogP contribution is 2.30. The molecule has 0 spiro atoms. The first-order valence-electron chi connectivity index (χ1n) is 10.7. The minimum atomic E-state index is -3.13. The Balaban J connectivity index is 1.70. The lowest BCUT2D eigenvalue weighted by molar-refractivity contribution is 0.0649. The fraction of sp³-hybridized carbons (Fsp3) is 0.400. The van der Waals surface area contributed by atoms with Crippen molar-refractivity contribution in [3.05, 3.63) is 70.5 Å². The summed E-state index contributed by atoms with van der Waals surface area (Å²) in [7, 11) is -3.13. The average Bonchev–Trinajstić information content (AvgIpc) is 3.24. The molecule has 1 aromatic heterocycles. The number of carbonyl (C=O) groups is 1. The van der Waals surface area contributed by atoms with Gasteiger partial charge < -0.3 is 9.32 Å². The number of furan rings is 1. The molecule has 0 saturated carbocycles. The lowest BCUT2D eigenvalue weighted by atomic mass is 10.0. The average molecular weight is 440 g/mol. The van der Waals surface area contributed by atoms with Gasteiger partial charge in [0.25, 0.3) is 5.91 Å². The summed E-state index contributed by atoms with van der Waals surface area (Å²) in [5, 5.41) is 0.911. The molecule has 1 aliphatic rings. The molecule has 1 atom stereocenters. The van der Waals surface area contributed by atoms with Crippen LogP contribution in [0.4, 0.5) is 0 Å². The van der Waals surface area contributed by atoms with Crippen LogP contribution in [0.25, 0.3) is 11.0 Å². The first-order valence-corrected chi connectivity index (χ1v) is 12.6. The molecular formula is C25H29NO4S. The van der Waals surface area contributed by atoms with E-state index in [9.17, 15) is 13.2 Å². The Bertz CT molecular complexity index is 1220. The van der Waals surface area contributed by atoms with Crippen LogP contribution in [0, 0.1) is 13.8 Å². The van der Waals surface area contributed by atoms with E-state index in [1.165, 1.54) is 5.56 Å². The monoisotopic (exact) mass is 439 g/mol. The van der Waals surface area contributed by atoms with Gasteiger partial charge in [-0.15, -0.1) is 0 Å². The van der Waals surface area contributed by atoms with Gasteiger partial charge in [-0.2, -0.15) is 0 Å². The minimum Gasteiger partial charge on any atom is -0.451 e. The van der Waals surface area contributed by atoms with E-state index in [1.54, 1.807) is 4.90 Å². The molecule has 2 heterocycles. The summed E-state index contributed by atoms with van der Waals surface area (Å²) >= 11 is 0. The lowest BCUT2D eigenvalue weighted by Gasteiger charge is -2.28. The van der Waals surface area contributed by atoms with Gasteiger partial charge in [0.05, 0.1) is 11.5 Å². The standard InChI is InChI=1S/C25H29NO4S/c1-16(2)20-8-6-19(7-9-20)14-26(21-11-12-31(28,29)15-21)25(27)24-18(4)22-10-5-17(3)13-23(22)30-24/h5-10,13,16,21H,11-12,14-15H2,1-4H3/t21-/m0/s1. The van der Waals surface area contributed by atoms with Gasteiger partial charge in [0.15, 0.2) is 15.6 Å². The third-order valence-electron chi connectivity index (χ3n) is 6.20. The van der Waals surface area contributed by atoms with Crippen LogP contribution in [0.5, 0.6) is 0 Å². The summed E-state index contributed by atoms with van der Waals surface area (Å²) in [6, 6.07) is 13.7. The number of sulfone groups is 1. The Hall–Kier alpha value is -2.60. The van der Waals surface area contributed by atoms with Crippen molar-refractivity contribution in [2.75, 3.05) is 11.5 Å². The highest BCUT2D eigenvalue weighted by atomic mass is 32.2. The van der Waals surface area contributed by atoms with Crippen LogP contribution in [0.15, 0.2) is 46.9 Å². The van der Waals surface area contributed by atoms with Crippen LogP contribution < -0.4 is 0 Å². The van der Waals surface area contributed by atoms with Crippen molar-refractivity contribution in [3.63, 3.8) is 0 Å². The van der Waals surface area contributed by atoms with E-state index in [0.29, 0.717) is 30.2 Å². The molecule has 0 radical (unpaired) electrons. The second-order valence-corrected chi connectivity index (χ2v) is 11.2. The summed E-state index contributed by atoms with van der Waals surface area (Å²) in [4.78, 5) is 15.3. The molecule has 0 bridgehead atoms. The quantitative estimate of drug-likeness (QED) is 0.561. The molecule has 3 aromatic rings. The van der Waals surface area contributed by atoms with Gasteiger partial charge in [-0.3, -0.25) is 4.79 Å². The molecule has 1 saturated heterocycles. The Morgan fingerprint density at radius 1 is 1.13 bits per heavy atom. The Kier molecular flexibility index (Phi) is 5.69. The first kappa shape index (κ1) is 21.6. The third-order valence-corrected chi connectivity index (χ3v) is 7.95. The van der Waals surface area contributed by atoms with Crippen LogP contribution in [0.2, 0.25) is 0 Å². The largest absolute Gasteiger partial charge is 0.451 e. The molecule has 6 heteroatoms. The summed E-state index contributed by atoms with van der Waals surface area (Å²) in [6.45, 7) is 8.50. The Morgan fingerprint density at radius 3 is 2.45 bits per heavy atom. The molecular weight excluding hydrogens is 410 g/mol. The number of carbonyl (C=O) groups excluding carboxylic acids is 1. The maximum atomic E-state index is 13.6. The second kappa shape index (κ2) is 8.15. The number of aryl methyl sites for hydroxylation is 2. The molecule has 5 nitrogen and oxygen atoms in total. The van der Waals surface area contributed by atoms with Crippen LogP contribution >= 0.6 is 0 Å². The van der Waals surface area contributed by atoms with Crippen molar-refractivity contribution in [1.29, 1.82) is 0 Å². The van der Waals surface area contributed by atoms with Crippen molar-refractivity contribution in [1.82, 2.24) is 4.90 Å². The summed E-state index contributed by atoms with van der Waals surface area (Å²) in [6.07, 6.45) is 0.455. The molecule has 31 heavy (non-hydrogen) atoms. The van der Waals surface area contributed by atoms with Gasteiger partial charge in [0.2, 0.25) is 0 Å². The summed E-state index contributed by atoms with van der Waals surface area (Å²) in [5.74, 6) is 0.589. The van der Waals surface area contributed by atoms with Crippen molar-refractivity contribution in [2.24, 2.45) is 0 Å². The van der Waals surface area contributed by atoms with E-state index in [4.69, 9.17) is 4.42 Å². The van der Waals surface area contributed by atoms with Crippen molar-refractivity contribution >= 4 is 26.7 Å². The predicted molar refractivity (Wildman–Crippen MR) is 123 cm³/mol. The zero-order chi connectivity index (χ0) is 22.3. The normalized spacial score (nSPS) is 18.0. The van der Waals surface area contributed by atoms with Crippen LogP contribution in [0.1, 0.15) is 59.0 Å². The van der Waals surface area contributed by atoms with E-state index >= 15 is 0 Å². The molecule has 4 rings (SSSR count). The van der Waals surface area contributed by atoms with Gasteiger partial charge in [-0.25, -0.2) is 8.42 Å². The lowest BCUT2D eigenvalue weighted by Crippen LogP contribution is -2.40. The fourth-order valence-electron chi connectivity index (χ4n) is 4.26. The number of hydrogen-bond donors (Lipinski definition) is 0. The van der Waals surface area contributed by atoms with Crippen LogP contribution in [-0.4, -0.2) is 36.8 Å². The van der Waals surface area contributed by atoms with E-state index < -0.39 is 9.84 Å². The van der Waals surface area contributed by atoms with Crippen molar-refractivity contribution < 1.29 is 17.6 Å². The molecule has 1 amide bonds. The Labute approximate surface area is 184 Å². The van der Waals surface area contributed by atoms with Gasteiger partial charge in [0, 0.05) is 23.5 Å². The smallest absolute Gasteiger partial charge is 0.290 e. The SMILES string of the molecule is Cc1ccc2c(C)c(C(=O)N(Cc3ccc(C(C)C)cc3)[C@H]3CCS(=O)(=O)C3)oc2c1. The highest BCUT2D eigenvalue weighted by Gasteiger charge is 2.36. The predicted octanol–water partition coefficient (Wildman–Crippen LogP) is 5.00. The molecule has 0 N–H and O–H groups in total. The second-order valence-electron chi connectivity index (χ2n) is 8.94. The minimum absolute atomic E-state index is 0.00119. The molecule has 0 unspecified atom stereocenters. The summed E-state index contributed by atoms with van der Waals surface area (Å²) < 4.78 is 30.3. The number of fused-ring (bicyclic) bond motifs is 1. The van der Waals surface area contributed by atoms with Crippen molar-refractivity contribution in [2.45, 2.75) is 52.6 Å². The number of amides is 1. The van der Waals surface area contributed by atoms with Gasteiger partial charge >= 0.3 is 0 Å². The maximum Gasteiger partial charge on any atom is 0.290 e. The fourth-order valence-corrected chi connectivity index (χ4v) is 5.99. The maximum absolute atomic E-state index is 13.6. The first-order chi connectivity index (χ1) is 14.6. The number of benzene rings is 2. The number of nitrogens with zero attached hydrogens (tertiary/aromatic N) is 1. The van der Waals surface area contributed by atoms with Crippen molar-refractivity contribution in [3.8, 4) is 0 Å². The third kappa shape index (κ3) is 4.40. The molecule has 2 aromatic carbocycles. The van der Waals surface area contributed by atoms with E-state index in [0.717, 1.165) is 22.1 Å². The van der Waals surface area contributed by atoms with Gasteiger partial charge in [-0.1, -0.05) is 50.2 Å². The highest BCUT2D eigenvalue weighted by molar-refractivity contribution is 7.91. The molecule has 1 fully saturated rings. The summed E-state index contributed by atoms with van der Waals surface area (Å²) in [5.41, 5.74) is 4.74. The van der Waals surface area contributed by atoms with Crippen LogP contribution in [0.3, 0.4) is 0 Å².